The maximum Gasteiger partial charge on any atom is 0.113 e. The number of fused-ring (bicyclic) bond motifs is 1. The fourth-order valence-electron chi connectivity index (χ4n) is 1.01. The molecule has 0 N–H and O–H groups in total. The standard InChI is InChI=1S/C10H5N2/c1-2-10-5-9-6-11-4-3-8(9)7-12-10/h1,3,5-7H. The highest BCUT2D eigenvalue weighted by molar-refractivity contribution is 5.81. The van der Waals surface area contributed by atoms with Crippen molar-refractivity contribution in [1.29, 1.82) is 0 Å². The van der Waals surface area contributed by atoms with E-state index in [1.54, 1.807) is 18.5 Å². The van der Waals surface area contributed by atoms with Crippen molar-refractivity contribution in [2.45, 2.75) is 0 Å². The second kappa shape index (κ2) is 2.63. The second-order valence-electron chi connectivity index (χ2n) is 2.37. The molecule has 0 fully saturated rings. The van der Waals surface area contributed by atoms with E-state index in [2.05, 4.69) is 22.1 Å². The lowest BCUT2D eigenvalue weighted by atomic mass is 10.2. The van der Waals surface area contributed by atoms with Crippen LogP contribution >= 0.6 is 0 Å². The molecule has 2 heteroatoms. The Bertz CT molecular complexity index is 455. The molecule has 0 aliphatic carbocycles. The Morgan fingerprint density at radius 2 is 2.25 bits per heavy atom. The lowest BCUT2D eigenvalue weighted by Crippen LogP contribution is -1.82. The van der Waals surface area contributed by atoms with Gasteiger partial charge in [0.1, 0.15) is 5.69 Å². The molecule has 0 unspecified atom stereocenters. The van der Waals surface area contributed by atoms with E-state index in [1.165, 1.54) is 0 Å². The average Bonchev–Trinajstić information content (AvgIpc) is 2.17. The first kappa shape index (κ1) is 6.81. The summed E-state index contributed by atoms with van der Waals surface area (Å²) in [5.74, 6) is 2.47. The second-order valence-corrected chi connectivity index (χ2v) is 2.37. The van der Waals surface area contributed by atoms with Crippen LogP contribution in [-0.2, 0) is 0 Å². The van der Waals surface area contributed by atoms with Crippen LogP contribution in [-0.4, -0.2) is 9.97 Å². The topological polar surface area (TPSA) is 25.8 Å². The van der Waals surface area contributed by atoms with Crippen LogP contribution in [0.2, 0.25) is 0 Å². The first-order valence-electron chi connectivity index (χ1n) is 3.48. The third-order valence-corrected chi connectivity index (χ3v) is 1.61. The van der Waals surface area contributed by atoms with E-state index in [0.29, 0.717) is 5.69 Å². The molecule has 0 aliphatic rings. The maximum atomic E-state index is 5.20. The van der Waals surface area contributed by atoms with Gasteiger partial charge in [0.25, 0.3) is 0 Å². The van der Waals surface area contributed by atoms with Crippen molar-refractivity contribution in [2.75, 3.05) is 0 Å². The van der Waals surface area contributed by atoms with Crippen molar-refractivity contribution < 1.29 is 0 Å². The van der Waals surface area contributed by atoms with E-state index in [1.807, 2.05) is 6.07 Å². The zero-order valence-electron chi connectivity index (χ0n) is 6.28. The van der Waals surface area contributed by atoms with Crippen molar-refractivity contribution >= 4 is 10.8 Å². The summed E-state index contributed by atoms with van der Waals surface area (Å²) in [4.78, 5) is 7.91. The molecule has 2 aromatic heterocycles. The van der Waals surface area contributed by atoms with E-state index in [4.69, 9.17) is 6.42 Å². The normalized spacial score (nSPS) is 9.58. The molecule has 1 radical (unpaired) electrons. The van der Waals surface area contributed by atoms with E-state index < -0.39 is 0 Å². The maximum absolute atomic E-state index is 5.20. The number of hydrogen-bond acceptors (Lipinski definition) is 2. The lowest BCUT2D eigenvalue weighted by molar-refractivity contribution is 1.29. The highest BCUT2D eigenvalue weighted by Crippen LogP contribution is 2.10. The lowest BCUT2D eigenvalue weighted by Gasteiger charge is -1.94. The van der Waals surface area contributed by atoms with Crippen LogP contribution in [0.1, 0.15) is 5.69 Å². The molecule has 0 saturated carbocycles. The molecule has 0 amide bonds. The van der Waals surface area contributed by atoms with Gasteiger partial charge in [0.05, 0.1) is 6.20 Å². The number of nitrogens with zero attached hydrogens (tertiary/aromatic N) is 2. The van der Waals surface area contributed by atoms with Gasteiger partial charge in [-0.3, -0.25) is 4.98 Å². The summed E-state index contributed by atoms with van der Waals surface area (Å²) in [6.07, 6.45) is 11.4. The highest BCUT2D eigenvalue weighted by Gasteiger charge is 1.93. The minimum Gasteiger partial charge on any atom is -0.254 e. The molecule has 0 bridgehead atoms. The summed E-state index contributed by atoms with van der Waals surface area (Å²) in [6.45, 7) is 0. The largest absolute Gasteiger partial charge is 0.254 e. The van der Waals surface area contributed by atoms with Crippen LogP contribution in [0.15, 0.2) is 24.5 Å². The molecule has 12 heavy (non-hydrogen) atoms. The van der Waals surface area contributed by atoms with Gasteiger partial charge in [-0.1, -0.05) is 5.92 Å². The SMILES string of the molecule is C#Cc1cc2cn[c]cc2cn1. The summed E-state index contributed by atoms with van der Waals surface area (Å²) in [5, 5.41) is 2.00. The third kappa shape index (κ3) is 1.02. The zero-order valence-corrected chi connectivity index (χ0v) is 6.28. The van der Waals surface area contributed by atoms with Gasteiger partial charge in [-0.15, -0.1) is 6.42 Å². The molecule has 0 aliphatic heterocycles. The van der Waals surface area contributed by atoms with Crippen LogP contribution in [0.4, 0.5) is 0 Å². The smallest absolute Gasteiger partial charge is 0.113 e. The number of terminal acetylenes is 1. The fourth-order valence-corrected chi connectivity index (χ4v) is 1.01. The first-order chi connectivity index (χ1) is 5.90. The quantitative estimate of drug-likeness (QED) is 0.535. The Morgan fingerprint density at radius 3 is 3.08 bits per heavy atom. The Balaban J connectivity index is 2.78. The van der Waals surface area contributed by atoms with Gasteiger partial charge in [0.15, 0.2) is 0 Å². The number of pyridine rings is 2. The molecular weight excluding hydrogens is 148 g/mol. The van der Waals surface area contributed by atoms with E-state index in [9.17, 15) is 0 Å². The van der Waals surface area contributed by atoms with Crippen molar-refractivity contribution in [2.24, 2.45) is 0 Å². The number of rotatable bonds is 0. The summed E-state index contributed by atoms with van der Waals surface area (Å²) < 4.78 is 0. The van der Waals surface area contributed by atoms with Crippen molar-refractivity contribution in [3.8, 4) is 12.3 Å². The Kier molecular flexibility index (Phi) is 1.49. The highest BCUT2D eigenvalue weighted by atomic mass is 14.7. The predicted octanol–water partition coefficient (Wildman–Crippen LogP) is 1.41. The molecule has 2 aromatic rings. The third-order valence-electron chi connectivity index (χ3n) is 1.61. The van der Waals surface area contributed by atoms with Crippen molar-refractivity contribution in [1.82, 2.24) is 9.97 Å². The van der Waals surface area contributed by atoms with Crippen LogP contribution in [0.5, 0.6) is 0 Å². The molecule has 2 heterocycles. The molecule has 0 saturated heterocycles. The monoisotopic (exact) mass is 153 g/mol. The fraction of sp³-hybridized carbons (Fsp3) is 0. The molecule has 55 valence electrons. The van der Waals surface area contributed by atoms with Gasteiger partial charge in [0, 0.05) is 23.2 Å². The van der Waals surface area contributed by atoms with Crippen molar-refractivity contribution in [3.05, 3.63) is 36.4 Å². The number of hydrogen-bond donors (Lipinski definition) is 0. The average molecular weight is 153 g/mol. The van der Waals surface area contributed by atoms with Gasteiger partial charge in [0.2, 0.25) is 0 Å². The summed E-state index contributed by atoms with van der Waals surface area (Å²) in [7, 11) is 0. The molecule has 2 nitrogen and oxygen atoms in total. The molecule has 2 rings (SSSR count). The molecule has 0 atom stereocenters. The van der Waals surface area contributed by atoms with Crippen LogP contribution in [0.25, 0.3) is 10.8 Å². The van der Waals surface area contributed by atoms with Crippen LogP contribution in [0.3, 0.4) is 0 Å². The summed E-state index contributed by atoms with van der Waals surface area (Å²) in [6, 6.07) is 3.61. The van der Waals surface area contributed by atoms with E-state index in [-0.39, 0.29) is 0 Å². The molecule has 0 aromatic carbocycles. The Morgan fingerprint density at radius 1 is 1.33 bits per heavy atom. The minimum atomic E-state index is 0.635. The van der Waals surface area contributed by atoms with Crippen LogP contribution in [0, 0.1) is 18.5 Å². The van der Waals surface area contributed by atoms with Crippen LogP contribution < -0.4 is 0 Å². The van der Waals surface area contributed by atoms with Gasteiger partial charge >= 0.3 is 0 Å². The summed E-state index contributed by atoms with van der Waals surface area (Å²) in [5.41, 5.74) is 0.635. The molecular formula is C10H5N2. The van der Waals surface area contributed by atoms with Gasteiger partial charge in [-0.2, -0.15) is 0 Å². The van der Waals surface area contributed by atoms with Gasteiger partial charge < -0.3 is 0 Å². The van der Waals surface area contributed by atoms with E-state index >= 15 is 0 Å². The Hall–Kier alpha value is -1.88. The van der Waals surface area contributed by atoms with Crippen molar-refractivity contribution in [3.63, 3.8) is 0 Å². The number of aromatic nitrogens is 2. The van der Waals surface area contributed by atoms with Gasteiger partial charge in [-0.05, 0) is 12.1 Å². The predicted molar refractivity (Wildman–Crippen MR) is 46.3 cm³/mol. The minimum absolute atomic E-state index is 0.635. The Labute approximate surface area is 70.3 Å². The van der Waals surface area contributed by atoms with Gasteiger partial charge in [-0.25, -0.2) is 4.98 Å². The van der Waals surface area contributed by atoms with E-state index in [0.717, 1.165) is 10.8 Å². The first-order valence-corrected chi connectivity index (χ1v) is 3.48. The zero-order chi connectivity index (χ0) is 8.39. The summed E-state index contributed by atoms with van der Waals surface area (Å²) >= 11 is 0. The molecule has 0 spiro atoms.